The highest BCUT2D eigenvalue weighted by atomic mass is 79.9. The van der Waals surface area contributed by atoms with Crippen molar-refractivity contribution in [1.29, 1.82) is 0 Å². The van der Waals surface area contributed by atoms with Gasteiger partial charge in [0, 0.05) is 11.4 Å². The van der Waals surface area contributed by atoms with E-state index in [-0.39, 0.29) is 11.5 Å². The lowest BCUT2D eigenvalue weighted by Crippen LogP contribution is -2.07. The Balaban J connectivity index is 2.41. The number of hydrogen-bond acceptors (Lipinski definition) is 1. The molecule has 1 nitrogen and oxygen atoms in total. The van der Waals surface area contributed by atoms with Crippen molar-refractivity contribution >= 4 is 15.9 Å². The van der Waals surface area contributed by atoms with E-state index in [4.69, 9.17) is 4.74 Å². The van der Waals surface area contributed by atoms with Gasteiger partial charge in [-0.3, -0.25) is 0 Å². The fraction of sp³-hybridized carbons (Fsp3) is 0.143. The van der Waals surface area contributed by atoms with E-state index in [9.17, 15) is 17.6 Å². The summed E-state index contributed by atoms with van der Waals surface area (Å²) in [4.78, 5) is 0. The van der Waals surface area contributed by atoms with E-state index in [1.807, 2.05) is 0 Å². The normalized spacial score (nSPS) is 11.4. The molecule has 2 rings (SSSR count). The highest BCUT2D eigenvalue weighted by molar-refractivity contribution is 9.08. The quantitative estimate of drug-likeness (QED) is 0.523. The van der Waals surface area contributed by atoms with Gasteiger partial charge >= 0.3 is 6.18 Å². The molecule has 0 heterocycles. The average molecular weight is 349 g/mol. The number of halogens is 5. The van der Waals surface area contributed by atoms with Gasteiger partial charge < -0.3 is 4.74 Å². The molecule has 0 aliphatic rings. The van der Waals surface area contributed by atoms with Gasteiger partial charge in [-0.2, -0.15) is 13.2 Å². The van der Waals surface area contributed by atoms with E-state index in [2.05, 4.69) is 15.9 Å². The lowest BCUT2D eigenvalue weighted by atomic mass is 10.1. The van der Waals surface area contributed by atoms with Crippen molar-refractivity contribution in [2.45, 2.75) is 11.5 Å². The molecule has 106 valence electrons. The van der Waals surface area contributed by atoms with Crippen LogP contribution in [0.4, 0.5) is 17.6 Å². The first-order valence-electron chi connectivity index (χ1n) is 5.59. The van der Waals surface area contributed by atoms with Gasteiger partial charge in [0.1, 0.15) is 17.3 Å². The second-order valence-corrected chi connectivity index (χ2v) is 4.58. The Morgan fingerprint density at radius 3 is 2.40 bits per heavy atom. The molecule has 0 atom stereocenters. The number of hydrogen-bond donors (Lipinski definition) is 0. The summed E-state index contributed by atoms with van der Waals surface area (Å²) in [5.74, 6) is -0.914. The van der Waals surface area contributed by atoms with Gasteiger partial charge in [0.2, 0.25) is 0 Å². The molecular formula is C14H9BrF4O. The second-order valence-electron chi connectivity index (χ2n) is 4.02. The molecule has 2 aromatic rings. The van der Waals surface area contributed by atoms with E-state index >= 15 is 0 Å². The van der Waals surface area contributed by atoms with Gasteiger partial charge in [-0.15, -0.1) is 0 Å². The zero-order valence-corrected chi connectivity index (χ0v) is 11.6. The van der Waals surface area contributed by atoms with Crippen LogP contribution in [0.1, 0.15) is 11.1 Å². The predicted molar refractivity (Wildman–Crippen MR) is 70.5 cm³/mol. The number of rotatable bonds is 3. The van der Waals surface area contributed by atoms with E-state index < -0.39 is 17.6 Å². The molecule has 0 aliphatic heterocycles. The van der Waals surface area contributed by atoms with Gasteiger partial charge in [-0.05, 0) is 29.8 Å². The largest absolute Gasteiger partial charge is 0.457 e. The van der Waals surface area contributed by atoms with Crippen LogP contribution in [-0.2, 0) is 11.5 Å². The van der Waals surface area contributed by atoms with Crippen LogP contribution >= 0.6 is 15.9 Å². The van der Waals surface area contributed by atoms with Crippen LogP contribution in [0.5, 0.6) is 11.5 Å². The van der Waals surface area contributed by atoms with Gasteiger partial charge in [0.25, 0.3) is 0 Å². The Morgan fingerprint density at radius 2 is 1.80 bits per heavy atom. The summed E-state index contributed by atoms with van der Waals surface area (Å²) in [6.07, 6.45) is -4.54. The first-order valence-corrected chi connectivity index (χ1v) is 6.72. The molecule has 0 saturated carbocycles. The summed E-state index contributed by atoms with van der Waals surface area (Å²) in [6, 6.07) is 8.71. The van der Waals surface area contributed by atoms with Gasteiger partial charge in [-0.1, -0.05) is 28.1 Å². The summed E-state index contributed by atoms with van der Waals surface area (Å²) in [6.45, 7) is 0. The molecule has 0 aromatic heterocycles. The van der Waals surface area contributed by atoms with E-state index in [1.165, 1.54) is 30.3 Å². The van der Waals surface area contributed by atoms with Crippen molar-refractivity contribution in [3.8, 4) is 11.5 Å². The summed E-state index contributed by atoms with van der Waals surface area (Å²) >= 11 is 3.10. The van der Waals surface area contributed by atoms with Crippen molar-refractivity contribution in [2.24, 2.45) is 0 Å². The van der Waals surface area contributed by atoms with Crippen LogP contribution in [0.25, 0.3) is 0 Å². The fourth-order valence-corrected chi connectivity index (χ4v) is 1.98. The maximum atomic E-state index is 13.0. The first-order chi connectivity index (χ1) is 9.40. The third-order valence-corrected chi connectivity index (χ3v) is 3.18. The second kappa shape index (κ2) is 5.83. The minimum atomic E-state index is -4.54. The van der Waals surface area contributed by atoms with Gasteiger partial charge in [0.15, 0.2) is 0 Å². The maximum absolute atomic E-state index is 13.0. The number of alkyl halides is 4. The number of benzene rings is 2. The molecular weight excluding hydrogens is 340 g/mol. The molecule has 0 spiro atoms. The van der Waals surface area contributed by atoms with Crippen LogP contribution in [0, 0.1) is 5.82 Å². The number of ether oxygens (including phenoxy) is 1. The van der Waals surface area contributed by atoms with Crippen LogP contribution < -0.4 is 4.74 Å². The van der Waals surface area contributed by atoms with E-state index in [1.54, 1.807) is 0 Å². The molecule has 0 fully saturated rings. The Morgan fingerprint density at radius 1 is 1.05 bits per heavy atom. The lowest BCUT2D eigenvalue weighted by Gasteiger charge is -2.14. The van der Waals surface area contributed by atoms with Crippen LogP contribution in [0.2, 0.25) is 0 Å². The summed E-state index contributed by atoms with van der Waals surface area (Å²) < 4.78 is 57.1. The summed E-state index contributed by atoms with van der Waals surface area (Å²) in [7, 11) is 0. The first kappa shape index (κ1) is 14.8. The fourth-order valence-electron chi connectivity index (χ4n) is 1.63. The monoisotopic (exact) mass is 348 g/mol. The van der Waals surface area contributed by atoms with Crippen LogP contribution in [0.3, 0.4) is 0 Å². The molecule has 0 N–H and O–H groups in total. The Kier molecular flexibility index (Phi) is 4.32. The van der Waals surface area contributed by atoms with Gasteiger partial charge in [0.05, 0.1) is 5.56 Å². The Bertz CT molecular complexity index is 610. The van der Waals surface area contributed by atoms with Crippen molar-refractivity contribution in [2.75, 3.05) is 0 Å². The molecule has 0 amide bonds. The predicted octanol–water partition coefficient (Wildman–Crippen LogP) is 5.53. The minimum Gasteiger partial charge on any atom is -0.457 e. The molecule has 0 aliphatic carbocycles. The molecule has 0 radical (unpaired) electrons. The highest BCUT2D eigenvalue weighted by Crippen LogP contribution is 2.39. The van der Waals surface area contributed by atoms with Crippen LogP contribution in [0.15, 0.2) is 42.5 Å². The third-order valence-electron chi connectivity index (χ3n) is 2.53. The van der Waals surface area contributed by atoms with Crippen molar-refractivity contribution in [1.82, 2.24) is 0 Å². The molecule has 2 aromatic carbocycles. The summed E-state index contributed by atoms with van der Waals surface area (Å²) in [5.41, 5.74) is -0.414. The Hall–Kier alpha value is -1.56. The SMILES string of the molecule is Fc1cccc(Oc2ccc(CBr)cc2C(F)(F)F)c1. The Labute approximate surface area is 121 Å². The zero-order valence-electron chi connectivity index (χ0n) is 10.0. The van der Waals surface area contributed by atoms with Gasteiger partial charge in [-0.25, -0.2) is 4.39 Å². The van der Waals surface area contributed by atoms with E-state index in [0.717, 1.165) is 12.1 Å². The minimum absolute atomic E-state index is 0.0158. The molecule has 6 heteroatoms. The van der Waals surface area contributed by atoms with Crippen molar-refractivity contribution < 1.29 is 22.3 Å². The standard InChI is InChI=1S/C14H9BrF4O/c15-8-9-4-5-13(12(6-9)14(17,18)19)20-11-3-1-2-10(16)7-11/h1-7H,8H2. The van der Waals surface area contributed by atoms with E-state index in [0.29, 0.717) is 10.9 Å². The zero-order chi connectivity index (χ0) is 14.8. The topological polar surface area (TPSA) is 9.23 Å². The molecule has 0 unspecified atom stereocenters. The van der Waals surface area contributed by atoms with Crippen molar-refractivity contribution in [3.63, 3.8) is 0 Å². The molecule has 0 saturated heterocycles. The third kappa shape index (κ3) is 3.50. The van der Waals surface area contributed by atoms with Crippen molar-refractivity contribution in [3.05, 3.63) is 59.4 Å². The lowest BCUT2D eigenvalue weighted by molar-refractivity contribution is -0.138. The highest BCUT2D eigenvalue weighted by Gasteiger charge is 2.34. The maximum Gasteiger partial charge on any atom is 0.419 e. The molecule has 0 bridgehead atoms. The smallest absolute Gasteiger partial charge is 0.419 e. The van der Waals surface area contributed by atoms with Crippen LogP contribution in [-0.4, -0.2) is 0 Å². The summed E-state index contributed by atoms with van der Waals surface area (Å²) in [5, 5.41) is 0.302. The average Bonchev–Trinajstić information content (AvgIpc) is 2.38. The molecule has 20 heavy (non-hydrogen) atoms.